The second kappa shape index (κ2) is 7.15. The molecule has 118 valence electrons. The summed E-state index contributed by atoms with van der Waals surface area (Å²) in [7, 11) is 1.84. The van der Waals surface area contributed by atoms with E-state index in [1.54, 1.807) is 16.8 Å². The maximum atomic E-state index is 10.7. The van der Waals surface area contributed by atoms with Crippen LogP contribution in [0.25, 0.3) is 11.3 Å². The molecule has 0 fully saturated rings. The van der Waals surface area contributed by atoms with E-state index in [0.29, 0.717) is 13.0 Å². The van der Waals surface area contributed by atoms with Gasteiger partial charge < -0.3 is 10.4 Å². The van der Waals surface area contributed by atoms with E-state index >= 15 is 0 Å². The average Bonchev–Trinajstić information content (AvgIpc) is 2.86. The Bertz CT molecular complexity index is 637. The maximum Gasteiger partial charge on any atom is 0.269 e. The molecule has 1 heterocycles. The molecule has 22 heavy (non-hydrogen) atoms. The van der Waals surface area contributed by atoms with E-state index in [0.717, 1.165) is 16.8 Å². The van der Waals surface area contributed by atoms with E-state index in [-0.39, 0.29) is 18.3 Å². The molecule has 1 atom stereocenters. The lowest BCUT2D eigenvalue weighted by Gasteiger charge is -2.12. The SMILES string of the molecule is CC(CCO)NCc1cn(C)nc1-c1ccc([N+](=O)[O-])cc1. The van der Waals surface area contributed by atoms with Crippen molar-refractivity contribution in [3.05, 3.63) is 46.1 Å². The zero-order valence-electron chi connectivity index (χ0n) is 12.7. The molecule has 2 rings (SSSR count). The van der Waals surface area contributed by atoms with Crippen molar-refractivity contribution in [1.82, 2.24) is 15.1 Å². The van der Waals surface area contributed by atoms with Crippen molar-refractivity contribution in [2.24, 2.45) is 7.05 Å². The molecule has 0 aliphatic heterocycles. The first-order valence-electron chi connectivity index (χ1n) is 7.13. The number of non-ortho nitro benzene ring substituents is 1. The van der Waals surface area contributed by atoms with Crippen molar-refractivity contribution in [1.29, 1.82) is 0 Å². The van der Waals surface area contributed by atoms with Gasteiger partial charge in [0.15, 0.2) is 0 Å². The summed E-state index contributed by atoms with van der Waals surface area (Å²) in [5, 5.41) is 27.4. The van der Waals surface area contributed by atoms with Gasteiger partial charge in [0, 0.05) is 55.7 Å². The predicted octanol–water partition coefficient (Wildman–Crippen LogP) is 1.86. The molecule has 1 aromatic heterocycles. The zero-order chi connectivity index (χ0) is 16.1. The lowest BCUT2D eigenvalue weighted by molar-refractivity contribution is -0.384. The Kier molecular flexibility index (Phi) is 5.24. The Morgan fingerprint density at radius 2 is 2.09 bits per heavy atom. The molecule has 7 nitrogen and oxygen atoms in total. The highest BCUT2D eigenvalue weighted by atomic mass is 16.6. The topological polar surface area (TPSA) is 93.2 Å². The summed E-state index contributed by atoms with van der Waals surface area (Å²) >= 11 is 0. The summed E-state index contributed by atoms with van der Waals surface area (Å²) in [5.74, 6) is 0. The number of nitro groups is 1. The monoisotopic (exact) mass is 304 g/mol. The number of aliphatic hydroxyl groups excluding tert-OH is 1. The minimum Gasteiger partial charge on any atom is -0.396 e. The number of nitrogens with one attached hydrogen (secondary N) is 1. The van der Waals surface area contributed by atoms with Gasteiger partial charge in [-0.3, -0.25) is 14.8 Å². The molecular formula is C15H20N4O3. The molecule has 0 bridgehead atoms. The first kappa shape index (κ1) is 16.1. The van der Waals surface area contributed by atoms with Crippen LogP contribution in [0.1, 0.15) is 18.9 Å². The molecule has 0 amide bonds. The molecule has 0 spiro atoms. The van der Waals surface area contributed by atoms with Crippen molar-refractivity contribution in [2.45, 2.75) is 25.9 Å². The highest BCUT2D eigenvalue weighted by Crippen LogP contribution is 2.24. The third-order valence-corrected chi connectivity index (χ3v) is 3.46. The summed E-state index contributed by atoms with van der Waals surface area (Å²) in [6.07, 6.45) is 2.61. The lowest BCUT2D eigenvalue weighted by atomic mass is 10.1. The van der Waals surface area contributed by atoms with Gasteiger partial charge in [0.2, 0.25) is 0 Å². The van der Waals surface area contributed by atoms with Gasteiger partial charge in [-0.1, -0.05) is 0 Å². The Hall–Kier alpha value is -2.25. The molecule has 0 aliphatic rings. The Morgan fingerprint density at radius 3 is 2.68 bits per heavy atom. The lowest BCUT2D eigenvalue weighted by Crippen LogP contribution is -2.26. The van der Waals surface area contributed by atoms with Gasteiger partial charge >= 0.3 is 0 Å². The second-order valence-corrected chi connectivity index (χ2v) is 5.27. The van der Waals surface area contributed by atoms with Gasteiger partial charge in [-0.05, 0) is 25.5 Å². The van der Waals surface area contributed by atoms with Crippen LogP contribution in [-0.4, -0.2) is 32.5 Å². The van der Waals surface area contributed by atoms with Crippen molar-refractivity contribution in [3.63, 3.8) is 0 Å². The Morgan fingerprint density at radius 1 is 1.41 bits per heavy atom. The third kappa shape index (κ3) is 3.90. The minimum absolute atomic E-state index is 0.0657. The van der Waals surface area contributed by atoms with Crippen LogP contribution in [0.15, 0.2) is 30.5 Å². The normalized spacial score (nSPS) is 12.3. The molecular weight excluding hydrogens is 284 g/mol. The van der Waals surface area contributed by atoms with Crippen LogP contribution >= 0.6 is 0 Å². The number of aryl methyl sites for hydroxylation is 1. The summed E-state index contributed by atoms with van der Waals surface area (Å²) in [6, 6.07) is 6.59. The molecule has 1 unspecified atom stereocenters. The highest BCUT2D eigenvalue weighted by molar-refractivity contribution is 5.64. The molecule has 0 saturated heterocycles. The fourth-order valence-corrected chi connectivity index (χ4v) is 2.23. The van der Waals surface area contributed by atoms with Gasteiger partial charge in [-0.2, -0.15) is 5.10 Å². The van der Waals surface area contributed by atoms with Gasteiger partial charge in [0.05, 0.1) is 10.6 Å². The molecule has 2 N–H and O–H groups in total. The van der Waals surface area contributed by atoms with E-state index in [1.165, 1.54) is 12.1 Å². The molecule has 2 aromatic rings. The van der Waals surface area contributed by atoms with Crippen LogP contribution < -0.4 is 5.32 Å². The smallest absolute Gasteiger partial charge is 0.269 e. The largest absolute Gasteiger partial charge is 0.396 e. The van der Waals surface area contributed by atoms with Crippen LogP contribution in [0.2, 0.25) is 0 Å². The molecule has 7 heteroatoms. The van der Waals surface area contributed by atoms with Gasteiger partial charge in [-0.25, -0.2) is 0 Å². The van der Waals surface area contributed by atoms with Crippen LogP contribution in [0, 0.1) is 10.1 Å². The Balaban J connectivity index is 2.18. The summed E-state index contributed by atoms with van der Waals surface area (Å²) < 4.78 is 1.73. The number of nitrogens with zero attached hydrogens (tertiary/aromatic N) is 3. The van der Waals surface area contributed by atoms with Crippen molar-refractivity contribution >= 4 is 5.69 Å². The average molecular weight is 304 g/mol. The molecule has 0 saturated carbocycles. The number of hydrogen-bond acceptors (Lipinski definition) is 5. The number of rotatable bonds is 7. The number of aromatic nitrogens is 2. The van der Waals surface area contributed by atoms with Crippen LogP contribution in [0.4, 0.5) is 5.69 Å². The zero-order valence-corrected chi connectivity index (χ0v) is 12.7. The summed E-state index contributed by atoms with van der Waals surface area (Å²) in [4.78, 5) is 10.3. The van der Waals surface area contributed by atoms with Gasteiger partial charge in [-0.15, -0.1) is 0 Å². The molecule has 0 aliphatic carbocycles. The first-order chi connectivity index (χ1) is 10.5. The van der Waals surface area contributed by atoms with E-state index < -0.39 is 4.92 Å². The standard InChI is InChI=1S/C15H20N4O3/c1-11(7-8-20)16-9-13-10-18(2)17-15(13)12-3-5-14(6-4-12)19(21)22/h3-6,10-11,16,20H,7-9H2,1-2H3. The fourth-order valence-electron chi connectivity index (χ4n) is 2.23. The summed E-state index contributed by atoms with van der Waals surface area (Å²) in [6.45, 7) is 2.79. The van der Waals surface area contributed by atoms with Gasteiger partial charge in [0.1, 0.15) is 0 Å². The van der Waals surface area contributed by atoms with Gasteiger partial charge in [0.25, 0.3) is 5.69 Å². The van der Waals surface area contributed by atoms with E-state index in [9.17, 15) is 10.1 Å². The highest BCUT2D eigenvalue weighted by Gasteiger charge is 2.13. The minimum atomic E-state index is -0.415. The van der Waals surface area contributed by atoms with Crippen LogP contribution in [0.5, 0.6) is 0 Å². The quantitative estimate of drug-likeness (QED) is 0.601. The number of nitro benzene ring substituents is 1. The van der Waals surface area contributed by atoms with Crippen molar-refractivity contribution in [2.75, 3.05) is 6.61 Å². The number of hydrogen-bond donors (Lipinski definition) is 2. The summed E-state index contributed by atoms with van der Waals surface area (Å²) in [5.41, 5.74) is 2.73. The molecule has 1 aromatic carbocycles. The van der Waals surface area contributed by atoms with Crippen molar-refractivity contribution in [3.8, 4) is 11.3 Å². The van der Waals surface area contributed by atoms with Crippen LogP contribution in [-0.2, 0) is 13.6 Å². The van der Waals surface area contributed by atoms with E-state index in [1.807, 2.05) is 20.2 Å². The first-order valence-corrected chi connectivity index (χ1v) is 7.13. The Labute approximate surface area is 128 Å². The second-order valence-electron chi connectivity index (χ2n) is 5.27. The third-order valence-electron chi connectivity index (χ3n) is 3.46. The number of aliphatic hydroxyl groups is 1. The number of benzene rings is 1. The van der Waals surface area contributed by atoms with E-state index in [4.69, 9.17) is 5.11 Å². The predicted molar refractivity (Wildman–Crippen MR) is 83.3 cm³/mol. The maximum absolute atomic E-state index is 10.7. The van der Waals surface area contributed by atoms with Crippen molar-refractivity contribution < 1.29 is 10.0 Å². The van der Waals surface area contributed by atoms with E-state index in [2.05, 4.69) is 10.4 Å². The fraction of sp³-hybridized carbons (Fsp3) is 0.400. The molecule has 0 radical (unpaired) electrons. The van der Waals surface area contributed by atoms with Crippen LogP contribution in [0.3, 0.4) is 0 Å².